The van der Waals surface area contributed by atoms with E-state index in [4.69, 9.17) is 5.11 Å². The molecular weight excluding hydrogens is 264 g/mol. The molecule has 1 heterocycles. The molecule has 2 rings (SSSR count). The molecule has 1 unspecified atom stereocenters. The van der Waals surface area contributed by atoms with Gasteiger partial charge in [0.2, 0.25) is 0 Å². The third-order valence-electron chi connectivity index (χ3n) is 3.92. The van der Waals surface area contributed by atoms with E-state index < -0.39 is 0 Å². The zero-order chi connectivity index (χ0) is 15.2. The molecule has 112 valence electrons. The Morgan fingerprint density at radius 3 is 3.00 bits per heavy atom. The van der Waals surface area contributed by atoms with Gasteiger partial charge in [0.15, 0.2) is 0 Å². The van der Waals surface area contributed by atoms with Crippen LogP contribution in [0.3, 0.4) is 0 Å². The molecule has 1 amide bonds. The number of nitrogens with zero attached hydrogens (tertiary/aromatic N) is 1. The number of aliphatic hydroxyl groups excluding tert-OH is 1. The molecule has 0 bridgehead atoms. The van der Waals surface area contributed by atoms with Crippen LogP contribution in [0.15, 0.2) is 18.2 Å². The van der Waals surface area contributed by atoms with Gasteiger partial charge in [-0.3, -0.25) is 4.79 Å². The van der Waals surface area contributed by atoms with E-state index in [1.807, 2.05) is 25.1 Å². The van der Waals surface area contributed by atoms with Crippen molar-refractivity contribution < 1.29 is 9.90 Å². The monoisotopic (exact) mass is 286 g/mol. The van der Waals surface area contributed by atoms with Gasteiger partial charge in [-0.25, -0.2) is 0 Å². The summed E-state index contributed by atoms with van der Waals surface area (Å²) >= 11 is 0. The van der Waals surface area contributed by atoms with E-state index in [1.165, 1.54) is 0 Å². The molecule has 4 heteroatoms. The highest BCUT2D eigenvalue weighted by molar-refractivity contribution is 5.96. The minimum atomic E-state index is -0.176. The van der Waals surface area contributed by atoms with Crippen LogP contribution in [0, 0.1) is 24.7 Å². The maximum absolute atomic E-state index is 12.3. The lowest BCUT2D eigenvalue weighted by Crippen LogP contribution is -2.31. The summed E-state index contributed by atoms with van der Waals surface area (Å²) in [6.45, 7) is 4.58. The fraction of sp³-hybridized carbons (Fsp3) is 0.471. The second kappa shape index (κ2) is 7.26. The lowest BCUT2D eigenvalue weighted by molar-refractivity contribution is 0.0947. The van der Waals surface area contributed by atoms with Gasteiger partial charge in [-0.2, -0.15) is 0 Å². The zero-order valence-electron chi connectivity index (χ0n) is 12.6. The van der Waals surface area contributed by atoms with Crippen molar-refractivity contribution >= 4 is 5.91 Å². The largest absolute Gasteiger partial charge is 0.384 e. The molecule has 1 aromatic carbocycles. The van der Waals surface area contributed by atoms with E-state index in [9.17, 15) is 4.79 Å². The summed E-state index contributed by atoms with van der Waals surface area (Å²) in [7, 11) is 2.11. The molecule has 2 N–H and O–H groups in total. The topological polar surface area (TPSA) is 52.6 Å². The average Bonchev–Trinajstić information content (AvgIpc) is 2.89. The summed E-state index contributed by atoms with van der Waals surface area (Å²) < 4.78 is 0. The third-order valence-corrected chi connectivity index (χ3v) is 3.92. The molecule has 1 aromatic rings. The van der Waals surface area contributed by atoms with Crippen LogP contribution in [0.25, 0.3) is 0 Å². The second-order valence-electron chi connectivity index (χ2n) is 5.56. The van der Waals surface area contributed by atoms with Gasteiger partial charge in [-0.1, -0.05) is 17.9 Å². The highest BCUT2D eigenvalue weighted by Gasteiger charge is 2.20. The number of nitrogens with one attached hydrogen (secondary N) is 1. The molecule has 0 radical (unpaired) electrons. The van der Waals surface area contributed by atoms with Gasteiger partial charge in [0, 0.05) is 24.2 Å². The lowest BCUT2D eigenvalue weighted by atomic mass is 10.0. The molecule has 21 heavy (non-hydrogen) atoms. The van der Waals surface area contributed by atoms with Gasteiger partial charge in [0.05, 0.1) is 0 Å². The number of carbonyl (C=O) groups excluding carboxylic acids is 1. The number of hydrogen-bond acceptors (Lipinski definition) is 3. The standard InChI is InChI=1S/C17H22N2O2/c1-13-15(6-4-10-20)5-3-7-16(13)17(21)18-11-14-8-9-19(2)12-14/h3,5,7,14,20H,8-12H2,1-2H3,(H,18,21). The van der Waals surface area contributed by atoms with E-state index in [-0.39, 0.29) is 12.5 Å². The Morgan fingerprint density at radius 2 is 2.33 bits per heavy atom. The average molecular weight is 286 g/mol. The third kappa shape index (κ3) is 4.07. The normalized spacial score (nSPS) is 18.1. The van der Waals surface area contributed by atoms with Gasteiger partial charge >= 0.3 is 0 Å². The molecule has 1 aliphatic rings. The van der Waals surface area contributed by atoms with Crippen LogP contribution in [0.4, 0.5) is 0 Å². The zero-order valence-corrected chi connectivity index (χ0v) is 12.6. The van der Waals surface area contributed by atoms with Crippen molar-refractivity contribution in [2.24, 2.45) is 5.92 Å². The van der Waals surface area contributed by atoms with Gasteiger partial charge in [0.25, 0.3) is 5.91 Å². The van der Waals surface area contributed by atoms with Crippen LogP contribution < -0.4 is 5.32 Å². The van der Waals surface area contributed by atoms with Gasteiger partial charge in [0.1, 0.15) is 6.61 Å². The summed E-state index contributed by atoms with van der Waals surface area (Å²) in [6.07, 6.45) is 1.14. The SMILES string of the molecule is Cc1c(C#CCO)cccc1C(=O)NCC1CCN(C)C1. The van der Waals surface area contributed by atoms with Crippen molar-refractivity contribution in [3.63, 3.8) is 0 Å². The smallest absolute Gasteiger partial charge is 0.251 e. The minimum absolute atomic E-state index is 0.0466. The van der Waals surface area contributed by atoms with Crippen molar-refractivity contribution in [3.8, 4) is 11.8 Å². The molecule has 1 atom stereocenters. The number of aliphatic hydroxyl groups is 1. The first-order valence-corrected chi connectivity index (χ1v) is 7.28. The van der Waals surface area contributed by atoms with Crippen LogP contribution in [-0.2, 0) is 0 Å². The Kier molecular flexibility index (Phi) is 5.38. The van der Waals surface area contributed by atoms with Crippen LogP contribution in [0.1, 0.15) is 27.9 Å². The Bertz CT molecular complexity index is 572. The second-order valence-corrected chi connectivity index (χ2v) is 5.56. The van der Waals surface area contributed by atoms with Crippen LogP contribution in [0.5, 0.6) is 0 Å². The molecule has 0 aliphatic carbocycles. The fourth-order valence-corrected chi connectivity index (χ4v) is 2.68. The summed E-state index contributed by atoms with van der Waals surface area (Å²) in [6, 6.07) is 5.50. The molecule has 4 nitrogen and oxygen atoms in total. The van der Waals surface area contributed by atoms with Gasteiger partial charge in [-0.15, -0.1) is 0 Å². The summed E-state index contributed by atoms with van der Waals surface area (Å²) in [5.74, 6) is 5.99. The van der Waals surface area contributed by atoms with Crippen molar-refractivity contribution in [1.29, 1.82) is 0 Å². The number of rotatable bonds is 3. The Hall–Kier alpha value is -1.83. The quantitative estimate of drug-likeness (QED) is 0.816. The first-order chi connectivity index (χ1) is 10.1. The van der Waals surface area contributed by atoms with Crippen molar-refractivity contribution in [3.05, 3.63) is 34.9 Å². The van der Waals surface area contributed by atoms with Gasteiger partial charge < -0.3 is 15.3 Å². The summed E-state index contributed by atoms with van der Waals surface area (Å²) in [5.41, 5.74) is 2.31. The molecule has 0 saturated carbocycles. The van der Waals surface area contributed by atoms with E-state index in [0.29, 0.717) is 11.5 Å². The predicted molar refractivity (Wildman–Crippen MR) is 83.1 cm³/mol. The molecule has 1 saturated heterocycles. The minimum Gasteiger partial charge on any atom is -0.384 e. The van der Waals surface area contributed by atoms with E-state index >= 15 is 0 Å². The molecular formula is C17H22N2O2. The number of carbonyl (C=O) groups is 1. The van der Waals surface area contributed by atoms with Crippen LogP contribution in [0.2, 0.25) is 0 Å². The highest BCUT2D eigenvalue weighted by Crippen LogP contribution is 2.15. The number of benzene rings is 1. The first-order valence-electron chi connectivity index (χ1n) is 7.28. The fourth-order valence-electron chi connectivity index (χ4n) is 2.68. The van der Waals surface area contributed by atoms with E-state index in [1.54, 1.807) is 0 Å². The Balaban J connectivity index is 2.02. The highest BCUT2D eigenvalue weighted by atomic mass is 16.2. The number of likely N-dealkylation sites (tertiary alicyclic amines) is 1. The number of amides is 1. The van der Waals surface area contributed by atoms with Crippen LogP contribution in [-0.4, -0.2) is 49.2 Å². The van der Waals surface area contributed by atoms with E-state index in [2.05, 4.69) is 29.1 Å². The predicted octanol–water partition coefficient (Wildman–Crippen LogP) is 1.02. The molecule has 0 aromatic heterocycles. The van der Waals surface area contributed by atoms with E-state index in [0.717, 1.165) is 37.2 Å². The van der Waals surface area contributed by atoms with Crippen molar-refractivity contribution in [2.75, 3.05) is 33.3 Å². The molecule has 0 spiro atoms. The van der Waals surface area contributed by atoms with Crippen molar-refractivity contribution in [2.45, 2.75) is 13.3 Å². The maximum Gasteiger partial charge on any atom is 0.251 e. The first kappa shape index (κ1) is 15.6. The lowest BCUT2D eigenvalue weighted by Gasteiger charge is -2.13. The Labute approximate surface area is 126 Å². The Morgan fingerprint density at radius 1 is 1.52 bits per heavy atom. The molecule has 1 aliphatic heterocycles. The molecule has 1 fully saturated rings. The summed E-state index contributed by atoms with van der Waals surface area (Å²) in [4.78, 5) is 14.6. The van der Waals surface area contributed by atoms with Gasteiger partial charge in [-0.05, 0) is 50.6 Å². The maximum atomic E-state index is 12.3. The number of hydrogen-bond donors (Lipinski definition) is 2. The van der Waals surface area contributed by atoms with Crippen LogP contribution >= 0.6 is 0 Å². The van der Waals surface area contributed by atoms with Crippen molar-refractivity contribution in [1.82, 2.24) is 10.2 Å². The summed E-state index contributed by atoms with van der Waals surface area (Å²) in [5, 5.41) is 11.8.